The SMILES string of the molecule is CC(C)CCCC(C)C1CCC2C3CC=C4CC(N(CCCl)CCCl)CCC4(C)C3CCC12C. The summed E-state index contributed by atoms with van der Waals surface area (Å²) >= 11 is 12.3. The van der Waals surface area contributed by atoms with Gasteiger partial charge in [-0.3, -0.25) is 4.90 Å². The molecular weight excluding hydrogens is 457 g/mol. The molecule has 4 rings (SSSR count). The van der Waals surface area contributed by atoms with Gasteiger partial charge in [-0.2, -0.15) is 0 Å². The quantitative estimate of drug-likeness (QED) is 0.209. The van der Waals surface area contributed by atoms with E-state index in [1.807, 2.05) is 0 Å². The Hall–Kier alpha value is 0.280. The summed E-state index contributed by atoms with van der Waals surface area (Å²) < 4.78 is 0. The summed E-state index contributed by atoms with van der Waals surface area (Å²) in [7, 11) is 0. The van der Waals surface area contributed by atoms with Crippen LogP contribution in [0, 0.1) is 46.3 Å². The molecule has 0 saturated heterocycles. The van der Waals surface area contributed by atoms with Crippen LogP contribution in [0.4, 0.5) is 0 Å². The van der Waals surface area contributed by atoms with Crippen molar-refractivity contribution >= 4 is 23.2 Å². The Balaban J connectivity index is 1.46. The number of fused-ring (bicyclic) bond motifs is 5. The van der Waals surface area contributed by atoms with Crippen LogP contribution in [0.5, 0.6) is 0 Å². The Labute approximate surface area is 221 Å². The normalized spacial score (nSPS) is 40.6. The predicted octanol–water partition coefficient (Wildman–Crippen LogP) is 9.18. The molecule has 34 heavy (non-hydrogen) atoms. The lowest BCUT2D eigenvalue weighted by Crippen LogP contribution is -2.52. The van der Waals surface area contributed by atoms with Gasteiger partial charge in [-0.1, -0.05) is 65.5 Å². The maximum Gasteiger partial charge on any atom is 0.0351 e. The van der Waals surface area contributed by atoms with Crippen LogP contribution >= 0.6 is 23.2 Å². The molecule has 0 spiro atoms. The van der Waals surface area contributed by atoms with Gasteiger partial charge < -0.3 is 0 Å². The zero-order valence-electron chi connectivity index (χ0n) is 22.9. The van der Waals surface area contributed by atoms with Gasteiger partial charge in [0.05, 0.1) is 0 Å². The fourth-order valence-electron chi connectivity index (χ4n) is 9.67. The Morgan fingerprint density at radius 1 is 0.941 bits per heavy atom. The average Bonchev–Trinajstić information content (AvgIpc) is 3.15. The number of nitrogens with zero attached hydrogens (tertiary/aromatic N) is 1. The lowest BCUT2D eigenvalue weighted by atomic mass is 9.46. The van der Waals surface area contributed by atoms with Gasteiger partial charge in [0.1, 0.15) is 0 Å². The highest BCUT2D eigenvalue weighted by Gasteiger charge is 2.59. The maximum absolute atomic E-state index is 6.15. The first-order valence-corrected chi connectivity index (χ1v) is 15.9. The Bertz CT molecular complexity index is 698. The highest BCUT2D eigenvalue weighted by molar-refractivity contribution is 6.18. The molecule has 0 heterocycles. The topological polar surface area (TPSA) is 3.24 Å². The standard InChI is InChI=1S/C31H53Cl2N/c1-22(2)7-6-8-23(3)27-11-12-28-26-10-9-24-21-25(34(19-17-32)20-18-33)13-15-30(24,4)29(26)14-16-31(27,28)5/h9,22-23,25-29H,6-8,10-21H2,1-5H3. The molecule has 0 radical (unpaired) electrons. The highest BCUT2D eigenvalue weighted by Crippen LogP contribution is 2.67. The summed E-state index contributed by atoms with van der Waals surface area (Å²) in [6.07, 6.45) is 18.3. The Kier molecular flexibility index (Phi) is 9.12. The van der Waals surface area contributed by atoms with Gasteiger partial charge in [0.15, 0.2) is 0 Å². The number of hydrogen-bond acceptors (Lipinski definition) is 1. The molecule has 8 unspecified atom stereocenters. The van der Waals surface area contributed by atoms with Gasteiger partial charge in [0, 0.05) is 30.9 Å². The van der Waals surface area contributed by atoms with E-state index < -0.39 is 0 Å². The molecule has 0 aliphatic heterocycles. The minimum absolute atomic E-state index is 0.440. The van der Waals surface area contributed by atoms with Crippen molar-refractivity contribution in [2.24, 2.45) is 46.3 Å². The monoisotopic (exact) mass is 509 g/mol. The summed E-state index contributed by atoms with van der Waals surface area (Å²) in [6.45, 7) is 14.7. The van der Waals surface area contributed by atoms with Gasteiger partial charge in [0.25, 0.3) is 0 Å². The van der Waals surface area contributed by atoms with Crippen LogP contribution in [0.15, 0.2) is 11.6 Å². The van der Waals surface area contributed by atoms with Crippen molar-refractivity contribution in [3.63, 3.8) is 0 Å². The predicted molar refractivity (Wildman–Crippen MR) is 150 cm³/mol. The number of allylic oxidation sites excluding steroid dienone is 1. The van der Waals surface area contributed by atoms with Crippen molar-refractivity contribution in [1.29, 1.82) is 0 Å². The number of halogens is 2. The molecule has 0 bridgehead atoms. The van der Waals surface area contributed by atoms with Crippen molar-refractivity contribution < 1.29 is 0 Å². The fourth-order valence-corrected chi connectivity index (χ4v) is 10.1. The fraction of sp³-hybridized carbons (Fsp3) is 0.935. The average molecular weight is 511 g/mol. The smallest absolute Gasteiger partial charge is 0.0351 e. The van der Waals surface area contributed by atoms with Gasteiger partial charge in [-0.05, 0) is 97.7 Å². The molecule has 0 aromatic heterocycles. The van der Waals surface area contributed by atoms with E-state index in [0.717, 1.165) is 48.6 Å². The highest BCUT2D eigenvalue weighted by atomic mass is 35.5. The first kappa shape index (κ1) is 27.3. The number of rotatable bonds is 10. The van der Waals surface area contributed by atoms with Crippen molar-refractivity contribution in [3.8, 4) is 0 Å². The van der Waals surface area contributed by atoms with Gasteiger partial charge in [-0.25, -0.2) is 0 Å². The molecule has 0 aromatic carbocycles. The largest absolute Gasteiger partial charge is 0.298 e. The maximum atomic E-state index is 6.15. The molecule has 4 aliphatic carbocycles. The third kappa shape index (κ3) is 5.15. The van der Waals surface area contributed by atoms with E-state index in [2.05, 4.69) is 45.6 Å². The van der Waals surface area contributed by atoms with Gasteiger partial charge in [-0.15, -0.1) is 23.2 Å². The summed E-state index contributed by atoms with van der Waals surface area (Å²) in [4.78, 5) is 2.58. The van der Waals surface area contributed by atoms with Crippen LogP contribution in [0.2, 0.25) is 0 Å². The van der Waals surface area contributed by atoms with E-state index >= 15 is 0 Å². The Morgan fingerprint density at radius 2 is 1.68 bits per heavy atom. The molecule has 0 aromatic rings. The summed E-state index contributed by atoms with van der Waals surface area (Å²) in [5.41, 5.74) is 2.82. The lowest BCUT2D eigenvalue weighted by molar-refractivity contribution is -0.0544. The van der Waals surface area contributed by atoms with Crippen LogP contribution in [-0.2, 0) is 0 Å². The van der Waals surface area contributed by atoms with E-state index in [4.69, 9.17) is 23.2 Å². The van der Waals surface area contributed by atoms with E-state index in [0.29, 0.717) is 28.6 Å². The van der Waals surface area contributed by atoms with E-state index in [-0.39, 0.29) is 0 Å². The first-order chi connectivity index (χ1) is 16.2. The van der Waals surface area contributed by atoms with Crippen molar-refractivity contribution in [2.45, 2.75) is 111 Å². The van der Waals surface area contributed by atoms with Gasteiger partial charge >= 0.3 is 0 Å². The minimum Gasteiger partial charge on any atom is -0.298 e. The molecule has 0 amide bonds. The third-order valence-corrected chi connectivity index (χ3v) is 11.9. The lowest BCUT2D eigenvalue weighted by Gasteiger charge is -2.59. The number of hydrogen-bond donors (Lipinski definition) is 0. The zero-order valence-corrected chi connectivity index (χ0v) is 24.4. The van der Waals surface area contributed by atoms with Crippen LogP contribution in [0.3, 0.4) is 0 Å². The van der Waals surface area contributed by atoms with Crippen molar-refractivity contribution in [1.82, 2.24) is 4.90 Å². The molecule has 4 aliphatic rings. The summed E-state index contributed by atoms with van der Waals surface area (Å²) in [6, 6.07) is 0.643. The molecule has 3 saturated carbocycles. The first-order valence-electron chi connectivity index (χ1n) is 14.8. The molecule has 1 nitrogen and oxygen atoms in total. The molecular formula is C31H53Cl2N. The minimum atomic E-state index is 0.440. The van der Waals surface area contributed by atoms with Crippen molar-refractivity contribution in [2.75, 3.05) is 24.8 Å². The molecule has 0 N–H and O–H groups in total. The number of alkyl halides is 2. The van der Waals surface area contributed by atoms with E-state index in [9.17, 15) is 0 Å². The van der Waals surface area contributed by atoms with Gasteiger partial charge in [0.2, 0.25) is 0 Å². The zero-order chi connectivity index (χ0) is 24.5. The second kappa shape index (κ2) is 11.3. The second-order valence-electron chi connectivity index (χ2n) is 13.6. The molecule has 196 valence electrons. The van der Waals surface area contributed by atoms with Crippen LogP contribution < -0.4 is 0 Å². The molecule has 3 heteroatoms. The molecule has 3 fully saturated rings. The summed E-state index contributed by atoms with van der Waals surface area (Å²) in [5, 5.41) is 0. The summed E-state index contributed by atoms with van der Waals surface area (Å²) in [5.74, 6) is 6.94. The molecule has 8 atom stereocenters. The van der Waals surface area contributed by atoms with Crippen molar-refractivity contribution in [3.05, 3.63) is 11.6 Å². The Morgan fingerprint density at radius 3 is 2.35 bits per heavy atom. The van der Waals surface area contributed by atoms with Crippen LogP contribution in [0.25, 0.3) is 0 Å². The van der Waals surface area contributed by atoms with Crippen LogP contribution in [0.1, 0.15) is 105 Å². The van der Waals surface area contributed by atoms with Crippen LogP contribution in [-0.4, -0.2) is 35.8 Å². The van der Waals surface area contributed by atoms with E-state index in [1.165, 1.54) is 70.6 Å². The second-order valence-corrected chi connectivity index (χ2v) is 14.4. The third-order valence-electron chi connectivity index (χ3n) is 11.5. The van der Waals surface area contributed by atoms with E-state index in [1.54, 1.807) is 5.57 Å².